The number of benzene rings is 2. The Morgan fingerprint density at radius 3 is 2.49 bits per heavy atom. The Balaban J connectivity index is 1.60. The number of piperidine rings is 1. The molecular weight excluding hydrogens is 463 g/mol. The fourth-order valence-electron chi connectivity index (χ4n) is 6.13. The van der Waals surface area contributed by atoms with E-state index in [1.54, 1.807) is 6.20 Å². The Hall–Kier alpha value is -3.28. The van der Waals surface area contributed by atoms with Crippen molar-refractivity contribution >= 4 is 11.9 Å². The van der Waals surface area contributed by atoms with Crippen LogP contribution in [0.15, 0.2) is 60.8 Å². The second kappa shape index (κ2) is 11.0. The number of amides is 1. The van der Waals surface area contributed by atoms with E-state index in [0.29, 0.717) is 30.5 Å². The molecule has 5 rings (SSSR count). The summed E-state index contributed by atoms with van der Waals surface area (Å²) < 4.78 is 13.9. The molecule has 1 amide bonds. The topological polar surface area (TPSA) is 49.3 Å². The fraction of sp³-hybridized carbons (Fsp3) is 0.452. The van der Waals surface area contributed by atoms with Gasteiger partial charge in [0.05, 0.1) is 11.3 Å². The van der Waals surface area contributed by atoms with Crippen molar-refractivity contribution in [2.45, 2.75) is 64.3 Å². The molecule has 0 bridgehead atoms. The highest BCUT2D eigenvalue weighted by Gasteiger charge is 2.42. The molecule has 1 aromatic heterocycles. The van der Waals surface area contributed by atoms with Crippen molar-refractivity contribution in [2.24, 2.45) is 5.92 Å². The van der Waals surface area contributed by atoms with E-state index >= 15 is 0 Å². The van der Waals surface area contributed by atoms with E-state index in [1.807, 2.05) is 54.3 Å². The minimum absolute atomic E-state index is 0.0479. The molecule has 1 saturated heterocycles. The van der Waals surface area contributed by atoms with E-state index in [1.165, 1.54) is 18.6 Å². The third kappa shape index (κ3) is 5.25. The first kappa shape index (κ1) is 25.4. The van der Waals surface area contributed by atoms with Crippen LogP contribution in [0.1, 0.15) is 79.6 Å². The van der Waals surface area contributed by atoms with Gasteiger partial charge in [-0.2, -0.15) is 0 Å². The summed E-state index contributed by atoms with van der Waals surface area (Å²) in [5, 5.41) is 0. The van der Waals surface area contributed by atoms with Crippen molar-refractivity contribution in [1.29, 1.82) is 0 Å². The summed E-state index contributed by atoms with van der Waals surface area (Å²) in [6.45, 7) is 7.24. The molecular formula is C31H37FN4O. The third-order valence-corrected chi connectivity index (χ3v) is 8.14. The summed E-state index contributed by atoms with van der Waals surface area (Å²) in [6, 6.07) is 16.9. The number of carbonyl (C=O) groups is 1. The predicted octanol–water partition coefficient (Wildman–Crippen LogP) is 6.37. The molecule has 1 unspecified atom stereocenters. The maximum Gasteiger partial charge on any atom is 0.257 e. The molecule has 2 heterocycles. The third-order valence-electron chi connectivity index (χ3n) is 8.14. The van der Waals surface area contributed by atoms with Crippen molar-refractivity contribution in [1.82, 2.24) is 14.9 Å². The Kier molecular flexibility index (Phi) is 7.54. The highest BCUT2D eigenvalue weighted by atomic mass is 19.1. The number of hydrogen-bond acceptors (Lipinski definition) is 4. The molecule has 3 aromatic rings. The molecule has 1 aliphatic heterocycles. The van der Waals surface area contributed by atoms with E-state index in [-0.39, 0.29) is 11.7 Å². The molecule has 0 spiro atoms. The van der Waals surface area contributed by atoms with Gasteiger partial charge in [0.1, 0.15) is 5.82 Å². The molecule has 0 N–H and O–H groups in total. The molecule has 5 nitrogen and oxygen atoms in total. The van der Waals surface area contributed by atoms with Gasteiger partial charge in [0.15, 0.2) is 0 Å². The number of anilines is 1. The largest absolute Gasteiger partial charge is 0.341 e. The summed E-state index contributed by atoms with van der Waals surface area (Å²) in [7, 11) is 0. The average molecular weight is 501 g/mol. The highest BCUT2D eigenvalue weighted by Crippen LogP contribution is 2.47. The summed E-state index contributed by atoms with van der Waals surface area (Å²) in [5.41, 5.74) is 3.06. The van der Waals surface area contributed by atoms with Gasteiger partial charge >= 0.3 is 0 Å². The number of carbonyl (C=O) groups excluding carboxylic acids is 1. The van der Waals surface area contributed by atoms with Crippen LogP contribution in [0.25, 0.3) is 0 Å². The van der Waals surface area contributed by atoms with Gasteiger partial charge in [0.25, 0.3) is 5.91 Å². The zero-order valence-electron chi connectivity index (χ0n) is 22.0. The van der Waals surface area contributed by atoms with Gasteiger partial charge in [-0.25, -0.2) is 14.4 Å². The van der Waals surface area contributed by atoms with Crippen molar-refractivity contribution in [3.63, 3.8) is 0 Å². The molecule has 1 saturated carbocycles. The average Bonchev–Trinajstić information content (AvgIpc) is 3.43. The van der Waals surface area contributed by atoms with E-state index in [2.05, 4.69) is 11.8 Å². The molecule has 37 heavy (non-hydrogen) atoms. The molecule has 1 aliphatic carbocycles. The van der Waals surface area contributed by atoms with Gasteiger partial charge < -0.3 is 9.80 Å². The van der Waals surface area contributed by atoms with Gasteiger partial charge in [-0.15, -0.1) is 0 Å². The van der Waals surface area contributed by atoms with Crippen LogP contribution in [0.3, 0.4) is 0 Å². The first-order chi connectivity index (χ1) is 18.0. The van der Waals surface area contributed by atoms with Gasteiger partial charge in [0.2, 0.25) is 5.95 Å². The van der Waals surface area contributed by atoms with Crippen LogP contribution < -0.4 is 4.90 Å². The maximum absolute atomic E-state index is 14.1. The fourth-order valence-corrected chi connectivity index (χ4v) is 6.13. The number of rotatable bonds is 7. The zero-order chi connectivity index (χ0) is 25.8. The van der Waals surface area contributed by atoms with Crippen LogP contribution in [0.4, 0.5) is 10.3 Å². The van der Waals surface area contributed by atoms with Crippen LogP contribution in [0, 0.1) is 11.7 Å². The standard InChI is InChI=1S/C31H37FN4O/c1-3-35(22-24-11-5-4-6-12-24)29(37)27-20-33-30(36-19-9-10-23(2)21-36)34-28(27)31(17-7-8-18-31)25-13-15-26(32)16-14-25/h4-6,11-16,20,23H,3,7-10,17-19,21-22H2,1-2H3. The lowest BCUT2D eigenvalue weighted by Gasteiger charge is -2.35. The lowest BCUT2D eigenvalue weighted by Crippen LogP contribution is -2.38. The van der Waals surface area contributed by atoms with Gasteiger partial charge in [-0.3, -0.25) is 4.79 Å². The van der Waals surface area contributed by atoms with E-state index in [0.717, 1.165) is 62.0 Å². The van der Waals surface area contributed by atoms with Crippen LogP contribution in [-0.4, -0.2) is 40.4 Å². The predicted molar refractivity (Wildman–Crippen MR) is 145 cm³/mol. The maximum atomic E-state index is 14.1. The number of halogens is 1. The van der Waals surface area contributed by atoms with Crippen molar-refractivity contribution in [3.05, 3.63) is 89.0 Å². The van der Waals surface area contributed by atoms with Gasteiger partial charge in [-0.1, -0.05) is 62.2 Å². The van der Waals surface area contributed by atoms with Gasteiger partial charge in [0, 0.05) is 37.8 Å². The molecule has 2 fully saturated rings. The van der Waals surface area contributed by atoms with Gasteiger partial charge in [-0.05, 0) is 61.8 Å². The SMILES string of the molecule is CCN(Cc1ccccc1)C(=O)c1cnc(N2CCCC(C)C2)nc1C1(c2ccc(F)cc2)CCCC1. The second-order valence-electron chi connectivity index (χ2n) is 10.7. The van der Waals surface area contributed by atoms with Crippen LogP contribution in [0.2, 0.25) is 0 Å². The lowest BCUT2D eigenvalue weighted by molar-refractivity contribution is 0.0749. The highest BCUT2D eigenvalue weighted by molar-refractivity contribution is 5.95. The molecule has 6 heteroatoms. The molecule has 0 radical (unpaired) electrons. The Labute approximate surface area is 219 Å². The van der Waals surface area contributed by atoms with E-state index in [9.17, 15) is 9.18 Å². The quantitative estimate of drug-likeness (QED) is 0.378. The molecule has 2 aliphatic rings. The molecule has 1 atom stereocenters. The zero-order valence-corrected chi connectivity index (χ0v) is 22.0. The summed E-state index contributed by atoms with van der Waals surface area (Å²) in [6.07, 6.45) is 7.96. The lowest BCUT2D eigenvalue weighted by atomic mass is 9.74. The first-order valence-electron chi connectivity index (χ1n) is 13.7. The summed E-state index contributed by atoms with van der Waals surface area (Å²) >= 11 is 0. The van der Waals surface area contributed by atoms with Crippen molar-refractivity contribution in [3.8, 4) is 0 Å². The molecule has 2 aromatic carbocycles. The summed E-state index contributed by atoms with van der Waals surface area (Å²) in [4.78, 5) is 28.2. The number of nitrogens with zero attached hydrogens (tertiary/aromatic N) is 4. The van der Waals surface area contributed by atoms with E-state index in [4.69, 9.17) is 9.97 Å². The monoisotopic (exact) mass is 500 g/mol. The second-order valence-corrected chi connectivity index (χ2v) is 10.7. The Morgan fingerprint density at radius 1 is 1.08 bits per heavy atom. The first-order valence-corrected chi connectivity index (χ1v) is 13.7. The molecule has 194 valence electrons. The minimum Gasteiger partial charge on any atom is -0.341 e. The van der Waals surface area contributed by atoms with Crippen LogP contribution >= 0.6 is 0 Å². The van der Waals surface area contributed by atoms with Crippen molar-refractivity contribution < 1.29 is 9.18 Å². The smallest absolute Gasteiger partial charge is 0.257 e. The minimum atomic E-state index is -0.427. The van der Waals surface area contributed by atoms with Crippen LogP contribution in [-0.2, 0) is 12.0 Å². The normalized spacial score (nSPS) is 19.1. The Morgan fingerprint density at radius 2 is 1.81 bits per heavy atom. The number of aromatic nitrogens is 2. The summed E-state index contributed by atoms with van der Waals surface area (Å²) in [5.74, 6) is 0.992. The van der Waals surface area contributed by atoms with E-state index < -0.39 is 5.41 Å². The van der Waals surface area contributed by atoms with Crippen LogP contribution in [0.5, 0.6) is 0 Å². The number of hydrogen-bond donors (Lipinski definition) is 0. The van der Waals surface area contributed by atoms with Crippen molar-refractivity contribution in [2.75, 3.05) is 24.5 Å². The Bertz CT molecular complexity index is 1210.